The van der Waals surface area contributed by atoms with E-state index in [0.29, 0.717) is 18.8 Å². The quantitative estimate of drug-likeness (QED) is 0.351. The van der Waals surface area contributed by atoms with E-state index in [4.69, 9.17) is 4.74 Å². The van der Waals surface area contributed by atoms with Gasteiger partial charge in [-0.1, -0.05) is 54.2 Å². The van der Waals surface area contributed by atoms with Gasteiger partial charge in [0, 0.05) is 35.8 Å². The maximum absolute atomic E-state index is 12.5. The second kappa shape index (κ2) is 10.4. The molecule has 1 atom stereocenters. The normalized spacial score (nSPS) is 15.7. The first kappa shape index (κ1) is 22.7. The van der Waals surface area contributed by atoms with Gasteiger partial charge in [-0.05, 0) is 43.4 Å². The lowest BCUT2D eigenvalue weighted by atomic mass is 10.1. The van der Waals surface area contributed by atoms with E-state index in [1.54, 1.807) is 0 Å². The standard InChI is InChI=1S/C26H29N5O2S/c1-18-7-2-3-8-19(18)12-13-27-24(32)17-34-26-30-29-25(31(26)16-20-9-6-14-33-20)22-15-28-23-11-5-4-10-21(22)23/h2-5,7-8,10-11,15,20,28H,6,9,12-14,16-17H2,1H3,(H,27,32). The molecule has 1 fully saturated rings. The molecule has 2 aromatic carbocycles. The first-order valence-electron chi connectivity index (χ1n) is 11.7. The Morgan fingerprint density at radius 3 is 2.91 bits per heavy atom. The highest BCUT2D eigenvalue weighted by molar-refractivity contribution is 7.99. The number of thioether (sulfide) groups is 1. The third-order valence-electron chi connectivity index (χ3n) is 6.27. The maximum atomic E-state index is 12.5. The van der Waals surface area contributed by atoms with Crippen LogP contribution in [-0.4, -0.2) is 50.7 Å². The number of carbonyl (C=O) groups is 1. The summed E-state index contributed by atoms with van der Waals surface area (Å²) >= 11 is 1.42. The predicted molar refractivity (Wildman–Crippen MR) is 135 cm³/mol. The highest BCUT2D eigenvalue weighted by atomic mass is 32.2. The van der Waals surface area contributed by atoms with Gasteiger partial charge in [-0.2, -0.15) is 0 Å². The van der Waals surface area contributed by atoms with Crippen LogP contribution in [0.25, 0.3) is 22.3 Å². The minimum absolute atomic E-state index is 0.00102. The Labute approximate surface area is 203 Å². The molecule has 0 aliphatic carbocycles. The fourth-order valence-corrected chi connectivity index (χ4v) is 5.19. The molecule has 7 nitrogen and oxygen atoms in total. The van der Waals surface area contributed by atoms with Gasteiger partial charge < -0.3 is 15.0 Å². The maximum Gasteiger partial charge on any atom is 0.230 e. The highest BCUT2D eigenvalue weighted by Crippen LogP contribution is 2.31. The van der Waals surface area contributed by atoms with Gasteiger partial charge in [-0.3, -0.25) is 9.36 Å². The number of hydrogen-bond donors (Lipinski definition) is 2. The van der Waals surface area contributed by atoms with Crippen LogP contribution < -0.4 is 5.32 Å². The first-order chi connectivity index (χ1) is 16.7. The van der Waals surface area contributed by atoms with Crippen molar-refractivity contribution in [3.63, 3.8) is 0 Å². The molecule has 1 saturated heterocycles. The van der Waals surface area contributed by atoms with Gasteiger partial charge in [0.25, 0.3) is 0 Å². The minimum atomic E-state index is -0.00102. The molecule has 34 heavy (non-hydrogen) atoms. The zero-order valence-electron chi connectivity index (χ0n) is 19.3. The fraction of sp³-hybridized carbons (Fsp3) is 0.346. The van der Waals surface area contributed by atoms with Crippen LogP contribution in [0.4, 0.5) is 0 Å². The molecule has 2 N–H and O–H groups in total. The van der Waals surface area contributed by atoms with E-state index in [1.807, 2.05) is 30.5 Å². The van der Waals surface area contributed by atoms with Crippen molar-refractivity contribution in [1.82, 2.24) is 25.1 Å². The number of aromatic nitrogens is 4. The number of amides is 1. The van der Waals surface area contributed by atoms with Gasteiger partial charge in [0.15, 0.2) is 11.0 Å². The minimum Gasteiger partial charge on any atom is -0.376 e. The summed E-state index contributed by atoms with van der Waals surface area (Å²) < 4.78 is 8.01. The molecule has 8 heteroatoms. The second-order valence-electron chi connectivity index (χ2n) is 8.61. The van der Waals surface area contributed by atoms with E-state index < -0.39 is 0 Å². The number of carbonyl (C=O) groups excluding carboxylic acids is 1. The van der Waals surface area contributed by atoms with Crippen molar-refractivity contribution in [2.45, 2.75) is 44.0 Å². The molecule has 1 unspecified atom stereocenters. The molecule has 4 aromatic rings. The lowest BCUT2D eigenvalue weighted by Gasteiger charge is -2.14. The number of aromatic amines is 1. The molecule has 1 aliphatic rings. The van der Waals surface area contributed by atoms with Crippen LogP contribution in [0.3, 0.4) is 0 Å². The molecule has 176 valence electrons. The smallest absolute Gasteiger partial charge is 0.230 e. The van der Waals surface area contributed by atoms with Gasteiger partial charge in [0.1, 0.15) is 0 Å². The molecular formula is C26H29N5O2S. The van der Waals surface area contributed by atoms with Crippen LogP contribution in [0.5, 0.6) is 0 Å². The summed E-state index contributed by atoms with van der Waals surface area (Å²) in [6.07, 6.45) is 5.04. The summed E-state index contributed by atoms with van der Waals surface area (Å²) in [6, 6.07) is 16.4. The van der Waals surface area contributed by atoms with E-state index in [2.05, 4.69) is 56.3 Å². The first-order valence-corrected chi connectivity index (χ1v) is 12.7. The SMILES string of the molecule is Cc1ccccc1CCNC(=O)CSc1nnc(-c2c[nH]c3ccccc23)n1CC1CCCO1. The average molecular weight is 476 g/mol. The van der Waals surface area contributed by atoms with Crippen LogP contribution in [0, 0.1) is 6.92 Å². The third-order valence-corrected chi connectivity index (χ3v) is 7.23. The van der Waals surface area contributed by atoms with Crippen LogP contribution in [-0.2, 0) is 22.5 Å². The summed E-state index contributed by atoms with van der Waals surface area (Å²) in [5, 5.41) is 13.9. The monoisotopic (exact) mass is 475 g/mol. The number of fused-ring (bicyclic) bond motifs is 1. The predicted octanol–water partition coefficient (Wildman–Crippen LogP) is 4.36. The number of rotatable bonds is 9. The third kappa shape index (κ3) is 5.03. The van der Waals surface area contributed by atoms with Crippen LogP contribution in [0.1, 0.15) is 24.0 Å². The second-order valence-corrected chi connectivity index (χ2v) is 9.56. The van der Waals surface area contributed by atoms with Crippen LogP contribution in [0.15, 0.2) is 59.9 Å². The highest BCUT2D eigenvalue weighted by Gasteiger charge is 2.23. The molecule has 0 spiro atoms. The molecular weight excluding hydrogens is 446 g/mol. The number of hydrogen-bond acceptors (Lipinski definition) is 5. The Morgan fingerprint density at radius 1 is 1.21 bits per heavy atom. The molecule has 2 aromatic heterocycles. The average Bonchev–Trinajstić information content (AvgIpc) is 3.60. The van der Waals surface area contributed by atoms with E-state index in [-0.39, 0.29) is 12.0 Å². The summed E-state index contributed by atoms with van der Waals surface area (Å²) in [6.45, 7) is 4.19. The van der Waals surface area contributed by atoms with Crippen molar-refractivity contribution >= 4 is 28.6 Å². The largest absolute Gasteiger partial charge is 0.376 e. The van der Waals surface area contributed by atoms with Gasteiger partial charge in [0.2, 0.25) is 5.91 Å². The Hall–Kier alpha value is -3.10. The van der Waals surface area contributed by atoms with Crippen molar-refractivity contribution in [3.8, 4) is 11.4 Å². The van der Waals surface area contributed by atoms with Gasteiger partial charge in [0.05, 0.1) is 18.4 Å². The Kier molecular flexibility index (Phi) is 6.97. The van der Waals surface area contributed by atoms with Gasteiger partial charge in [-0.25, -0.2) is 0 Å². The van der Waals surface area contributed by atoms with Gasteiger partial charge >= 0.3 is 0 Å². The zero-order valence-corrected chi connectivity index (χ0v) is 20.1. The Bertz CT molecular complexity index is 1280. The summed E-state index contributed by atoms with van der Waals surface area (Å²) in [5.41, 5.74) is 4.58. The summed E-state index contributed by atoms with van der Waals surface area (Å²) in [5.74, 6) is 1.10. The zero-order chi connectivity index (χ0) is 23.3. The van der Waals surface area contributed by atoms with Crippen molar-refractivity contribution in [3.05, 3.63) is 65.9 Å². The Balaban J connectivity index is 1.28. The molecule has 1 amide bonds. The molecule has 5 rings (SSSR count). The topological polar surface area (TPSA) is 84.8 Å². The van der Waals surface area contributed by atoms with E-state index in [9.17, 15) is 4.79 Å². The van der Waals surface area contributed by atoms with Crippen LogP contribution >= 0.6 is 11.8 Å². The molecule has 1 aliphatic heterocycles. The fourth-order valence-electron chi connectivity index (χ4n) is 4.42. The number of ether oxygens (including phenoxy) is 1. The number of para-hydroxylation sites is 1. The van der Waals surface area contributed by atoms with Crippen molar-refractivity contribution in [2.75, 3.05) is 18.9 Å². The number of nitrogens with one attached hydrogen (secondary N) is 2. The summed E-state index contributed by atoms with van der Waals surface area (Å²) in [7, 11) is 0. The number of aryl methyl sites for hydroxylation is 1. The van der Waals surface area contributed by atoms with Crippen molar-refractivity contribution < 1.29 is 9.53 Å². The van der Waals surface area contributed by atoms with E-state index in [1.165, 1.54) is 22.9 Å². The lowest BCUT2D eigenvalue weighted by Crippen LogP contribution is -2.27. The molecule has 0 radical (unpaired) electrons. The molecule has 0 bridgehead atoms. The van der Waals surface area contributed by atoms with Crippen LogP contribution in [0.2, 0.25) is 0 Å². The van der Waals surface area contributed by atoms with Gasteiger partial charge in [-0.15, -0.1) is 10.2 Å². The van der Waals surface area contributed by atoms with Crippen molar-refractivity contribution in [1.29, 1.82) is 0 Å². The number of benzene rings is 2. The molecule has 0 saturated carbocycles. The summed E-state index contributed by atoms with van der Waals surface area (Å²) in [4.78, 5) is 15.9. The lowest BCUT2D eigenvalue weighted by molar-refractivity contribution is -0.118. The number of H-pyrrole nitrogens is 1. The Morgan fingerprint density at radius 2 is 2.06 bits per heavy atom. The number of nitrogens with zero attached hydrogens (tertiary/aromatic N) is 3. The van der Waals surface area contributed by atoms with E-state index >= 15 is 0 Å². The van der Waals surface area contributed by atoms with E-state index in [0.717, 1.165) is 53.3 Å². The van der Waals surface area contributed by atoms with Crippen molar-refractivity contribution in [2.24, 2.45) is 0 Å². The molecule has 3 heterocycles.